The zero-order chi connectivity index (χ0) is 14.7. The fourth-order valence-electron chi connectivity index (χ4n) is 2.84. The monoisotopic (exact) mass is 285 g/mol. The number of nitrogens with one attached hydrogen (secondary N) is 1. The summed E-state index contributed by atoms with van der Waals surface area (Å²) in [6.45, 7) is 0. The quantitative estimate of drug-likeness (QED) is 0.898. The predicted molar refractivity (Wildman–Crippen MR) is 80.0 cm³/mol. The Morgan fingerprint density at radius 2 is 2.14 bits per heavy atom. The summed E-state index contributed by atoms with van der Waals surface area (Å²) in [6, 6.07) is 5.42. The molecule has 0 bridgehead atoms. The first-order valence-electron chi connectivity index (χ1n) is 7.20. The molecule has 0 saturated heterocycles. The van der Waals surface area contributed by atoms with Gasteiger partial charge in [-0.3, -0.25) is 4.79 Å². The molecule has 0 radical (unpaired) electrons. The fraction of sp³-hybridized carbons (Fsp3) is 0.400. The molecule has 2 aromatic heterocycles. The molecule has 0 spiro atoms. The van der Waals surface area contributed by atoms with Gasteiger partial charge in [0, 0.05) is 30.6 Å². The van der Waals surface area contributed by atoms with E-state index < -0.39 is 0 Å². The molecule has 1 aliphatic rings. The van der Waals surface area contributed by atoms with Crippen molar-refractivity contribution in [3.05, 3.63) is 36.8 Å². The van der Waals surface area contributed by atoms with Gasteiger partial charge < -0.3 is 11.1 Å². The standard InChI is InChI=1S/C15H19N5O/c16-15(6-1-2-7-15)11-13(21)19-12-5-3-8-17-14(12)20-10-4-9-18-20/h3-5,8-10H,1-2,6-7,11,16H2,(H,19,21). The lowest BCUT2D eigenvalue weighted by molar-refractivity contribution is -0.117. The number of nitrogens with two attached hydrogens (primary N) is 1. The summed E-state index contributed by atoms with van der Waals surface area (Å²) >= 11 is 0. The van der Waals surface area contributed by atoms with Crippen molar-refractivity contribution in [3.63, 3.8) is 0 Å². The van der Waals surface area contributed by atoms with Gasteiger partial charge in [0.15, 0.2) is 5.82 Å². The van der Waals surface area contributed by atoms with Crippen LogP contribution in [0.15, 0.2) is 36.8 Å². The number of carbonyl (C=O) groups excluding carboxylic acids is 1. The van der Waals surface area contributed by atoms with Crippen LogP contribution in [0.1, 0.15) is 32.1 Å². The molecule has 110 valence electrons. The second kappa shape index (κ2) is 5.65. The molecule has 0 unspecified atom stereocenters. The fourth-order valence-corrected chi connectivity index (χ4v) is 2.84. The van der Waals surface area contributed by atoms with Crippen LogP contribution in [0.2, 0.25) is 0 Å². The lowest BCUT2D eigenvalue weighted by Gasteiger charge is -2.22. The van der Waals surface area contributed by atoms with Gasteiger partial charge in [0.1, 0.15) is 0 Å². The molecule has 0 aromatic carbocycles. The van der Waals surface area contributed by atoms with E-state index in [1.165, 1.54) is 0 Å². The first kappa shape index (κ1) is 13.8. The van der Waals surface area contributed by atoms with Crippen LogP contribution in [0.5, 0.6) is 0 Å². The molecular weight excluding hydrogens is 266 g/mol. The number of hydrogen-bond acceptors (Lipinski definition) is 4. The van der Waals surface area contributed by atoms with E-state index in [4.69, 9.17) is 5.73 Å². The van der Waals surface area contributed by atoms with Crippen LogP contribution in [0.4, 0.5) is 5.69 Å². The Morgan fingerprint density at radius 3 is 2.86 bits per heavy atom. The SMILES string of the molecule is NC1(CC(=O)Nc2cccnc2-n2cccn2)CCCC1. The van der Waals surface area contributed by atoms with Crippen LogP contribution >= 0.6 is 0 Å². The normalized spacial score (nSPS) is 16.8. The maximum absolute atomic E-state index is 12.2. The van der Waals surface area contributed by atoms with Crippen molar-refractivity contribution in [2.45, 2.75) is 37.6 Å². The third-order valence-corrected chi connectivity index (χ3v) is 3.89. The van der Waals surface area contributed by atoms with Gasteiger partial charge in [-0.2, -0.15) is 5.10 Å². The summed E-state index contributed by atoms with van der Waals surface area (Å²) in [7, 11) is 0. The topological polar surface area (TPSA) is 85.8 Å². The number of carbonyl (C=O) groups is 1. The maximum Gasteiger partial charge on any atom is 0.226 e. The van der Waals surface area contributed by atoms with E-state index in [0.717, 1.165) is 25.7 Å². The van der Waals surface area contributed by atoms with Crippen molar-refractivity contribution in [1.29, 1.82) is 0 Å². The summed E-state index contributed by atoms with van der Waals surface area (Å²) in [5.41, 5.74) is 6.55. The van der Waals surface area contributed by atoms with Gasteiger partial charge in [-0.25, -0.2) is 9.67 Å². The average molecular weight is 285 g/mol. The number of anilines is 1. The number of nitrogens with zero attached hydrogens (tertiary/aromatic N) is 3. The molecule has 1 aliphatic carbocycles. The minimum Gasteiger partial charge on any atom is -0.325 e. The third-order valence-electron chi connectivity index (χ3n) is 3.89. The van der Waals surface area contributed by atoms with Gasteiger partial charge in [-0.15, -0.1) is 0 Å². The molecular formula is C15H19N5O. The number of rotatable bonds is 4. The van der Waals surface area contributed by atoms with E-state index in [9.17, 15) is 4.79 Å². The van der Waals surface area contributed by atoms with E-state index in [2.05, 4.69) is 15.4 Å². The molecule has 2 heterocycles. The minimum atomic E-state index is -0.349. The molecule has 1 amide bonds. The number of aromatic nitrogens is 3. The molecule has 1 saturated carbocycles. The summed E-state index contributed by atoms with van der Waals surface area (Å²) in [4.78, 5) is 16.5. The Bertz CT molecular complexity index is 617. The summed E-state index contributed by atoms with van der Waals surface area (Å²) < 4.78 is 1.63. The minimum absolute atomic E-state index is 0.0687. The van der Waals surface area contributed by atoms with Gasteiger partial charge in [-0.05, 0) is 31.0 Å². The number of amides is 1. The van der Waals surface area contributed by atoms with Crippen LogP contribution in [-0.2, 0) is 4.79 Å². The molecule has 0 atom stereocenters. The maximum atomic E-state index is 12.2. The van der Waals surface area contributed by atoms with Crippen molar-refractivity contribution in [3.8, 4) is 5.82 Å². The van der Waals surface area contributed by atoms with Crippen LogP contribution in [0.25, 0.3) is 5.82 Å². The largest absolute Gasteiger partial charge is 0.325 e. The molecule has 2 aromatic rings. The molecule has 6 heteroatoms. The average Bonchev–Trinajstić information content (AvgIpc) is 3.11. The second-order valence-electron chi connectivity index (χ2n) is 5.62. The molecule has 3 rings (SSSR count). The van der Waals surface area contributed by atoms with E-state index in [1.54, 1.807) is 29.3 Å². The lowest BCUT2D eigenvalue weighted by Crippen LogP contribution is -2.40. The van der Waals surface area contributed by atoms with Gasteiger partial charge in [0.05, 0.1) is 5.69 Å². The lowest BCUT2D eigenvalue weighted by atomic mass is 9.94. The summed E-state index contributed by atoms with van der Waals surface area (Å²) in [5, 5.41) is 7.06. The van der Waals surface area contributed by atoms with Gasteiger partial charge in [0.2, 0.25) is 5.91 Å². The summed E-state index contributed by atoms with van der Waals surface area (Å²) in [6.07, 6.45) is 9.53. The van der Waals surface area contributed by atoms with Crippen molar-refractivity contribution < 1.29 is 4.79 Å². The first-order chi connectivity index (χ1) is 10.2. The van der Waals surface area contributed by atoms with Gasteiger partial charge >= 0.3 is 0 Å². The molecule has 0 aliphatic heterocycles. The van der Waals surface area contributed by atoms with E-state index in [1.807, 2.05) is 12.1 Å². The van der Waals surface area contributed by atoms with Crippen LogP contribution in [0, 0.1) is 0 Å². The van der Waals surface area contributed by atoms with Crippen molar-refractivity contribution >= 4 is 11.6 Å². The van der Waals surface area contributed by atoms with Gasteiger partial charge in [0.25, 0.3) is 0 Å². The molecule has 6 nitrogen and oxygen atoms in total. The zero-order valence-corrected chi connectivity index (χ0v) is 11.8. The molecule has 21 heavy (non-hydrogen) atoms. The highest BCUT2D eigenvalue weighted by molar-refractivity contribution is 5.93. The number of hydrogen-bond donors (Lipinski definition) is 2. The number of pyridine rings is 1. The van der Waals surface area contributed by atoms with E-state index in [-0.39, 0.29) is 11.4 Å². The Hall–Kier alpha value is -2.21. The van der Waals surface area contributed by atoms with Crippen LogP contribution in [-0.4, -0.2) is 26.2 Å². The first-order valence-corrected chi connectivity index (χ1v) is 7.20. The highest BCUT2D eigenvalue weighted by Gasteiger charge is 2.31. The third kappa shape index (κ3) is 3.11. The zero-order valence-electron chi connectivity index (χ0n) is 11.8. The van der Waals surface area contributed by atoms with Crippen LogP contribution < -0.4 is 11.1 Å². The van der Waals surface area contributed by atoms with Crippen molar-refractivity contribution in [2.75, 3.05) is 5.32 Å². The molecule has 1 fully saturated rings. The van der Waals surface area contributed by atoms with E-state index >= 15 is 0 Å². The highest BCUT2D eigenvalue weighted by atomic mass is 16.1. The second-order valence-corrected chi connectivity index (χ2v) is 5.62. The Morgan fingerprint density at radius 1 is 1.33 bits per heavy atom. The predicted octanol–water partition coefficient (Wildman–Crippen LogP) is 1.87. The van der Waals surface area contributed by atoms with Gasteiger partial charge in [-0.1, -0.05) is 12.8 Å². The van der Waals surface area contributed by atoms with Crippen molar-refractivity contribution in [1.82, 2.24) is 14.8 Å². The van der Waals surface area contributed by atoms with E-state index in [0.29, 0.717) is 17.9 Å². The Labute approximate surface area is 123 Å². The Balaban J connectivity index is 1.74. The molecule has 3 N–H and O–H groups in total. The smallest absolute Gasteiger partial charge is 0.226 e. The Kier molecular flexibility index (Phi) is 3.70. The van der Waals surface area contributed by atoms with Crippen molar-refractivity contribution in [2.24, 2.45) is 5.73 Å². The summed E-state index contributed by atoms with van der Waals surface area (Å²) in [5.74, 6) is 0.536. The van der Waals surface area contributed by atoms with Crippen LogP contribution in [0.3, 0.4) is 0 Å². The highest BCUT2D eigenvalue weighted by Crippen LogP contribution is 2.30.